The van der Waals surface area contributed by atoms with Crippen LogP contribution < -0.4 is 0 Å². The van der Waals surface area contributed by atoms with E-state index in [0.717, 1.165) is 0 Å². The molecular weight excluding hydrogens is 234 g/mol. The van der Waals surface area contributed by atoms with E-state index in [-0.39, 0.29) is 26.2 Å². The SMILES string of the molecule is F[C-](F)CCC(F)(F)F.[Zr]. The van der Waals surface area contributed by atoms with Crippen LogP contribution in [0.1, 0.15) is 12.8 Å². The third kappa shape index (κ3) is 11.3. The van der Waals surface area contributed by atoms with E-state index in [0.29, 0.717) is 0 Å². The molecule has 0 fully saturated rings. The van der Waals surface area contributed by atoms with Gasteiger partial charge in [0.25, 0.3) is 0 Å². The molecule has 0 saturated heterocycles. The first-order chi connectivity index (χ1) is 3.92. The van der Waals surface area contributed by atoms with Crippen molar-refractivity contribution in [3.05, 3.63) is 6.43 Å². The number of halogens is 5. The molecule has 0 aliphatic heterocycles. The van der Waals surface area contributed by atoms with Crippen LogP contribution in [-0.4, -0.2) is 6.18 Å². The Bertz CT molecular complexity index is 78.2. The third-order valence-electron chi connectivity index (χ3n) is 0.597. The monoisotopic (exact) mass is 237 g/mol. The summed E-state index contributed by atoms with van der Waals surface area (Å²) in [4.78, 5) is 0. The van der Waals surface area contributed by atoms with Crippen LogP contribution in [-0.2, 0) is 26.2 Å². The van der Waals surface area contributed by atoms with E-state index in [1.54, 1.807) is 0 Å². The van der Waals surface area contributed by atoms with Crippen molar-refractivity contribution in [3.8, 4) is 0 Å². The van der Waals surface area contributed by atoms with E-state index in [4.69, 9.17) is 0 Å². The molecule has 0 aromatic carbocycles. The van der Waals surface area contributed by atoms with Crippen molar-refractivity contribution in [2.24, 2.45) is 0 Å². The summed E-state index contributed by atoms with van der Waals surface area (Å²) in [7, 11) is 0. The molecule has 0 aliphatic carbocycles. The second kappa shape index (κ2) is 5.22. The minimum atomic E-state index is -4.47. The van der Waals surface area contributed by atoms with Crippen molar-refractivity contribution in [1.29, 1.82) is 0 Å². The predicted octanol–water partition coefficient (Wildman–Crippen LogP) is 2.75. The Balaban J connectivity index is 0. The molecule has 0 bridgehead atoms. The summed E-state index contributed by atoms with van der Waals surface area (Å²) in [6.45, 7) is 0. The smallest absolute Gasteiger partial charge is 0.386 e. The van der Waals surface area contributed by atoms with Crippen molar-refractivity contribution in [2.45, 2.75) is 19.0 Å². The van der Waals surface area contributed by atoms with Crippen LogP contribution in [0.25, 0.3) is 0 Å². The van der Waals surface area contributed by atoms with E-state index in [9.17, 15) is 22.0 Å². The Morgan fingerprint density at radius 2 is 1.50 bits per heavy atom. The molecule has 60 valence electrons. The van der Waals surface area contributed by atoms with Crippen LogP contribution in [0.3, 0.4) is 0 Å². The minimum absolute atomic E-state index is 0. The number of hydrogen-bond acceptors (Lipinski definition) is 0. The van der Waals surface area contributed by atoms with E-state index < -0.39 is 25.4 Å². The molecular formula is C4H4F5Zr-. The molecule has 0 N–H and O–H groups in total. The van der Waals surface area contributed by atoms with Crippen LogP contribution in [0.15, 0.2) is 0 Å². The normalized spacial score (nSPS) is 11.4. The number of rotatable bonds is 2. The van der Waals surface area contributed by atoms with Gasteiger partial charge in [-0.2, -0.15) is 13.2 Å². The summed E-state index contributed by atoms with van der Waals surface area (Å²) in [5.41, 5.74) is 0. The van der Waals surface area contributed by atoms with Gasteiger partial charge in [-0.15, -0.1) is 6.42 Å². The van der Waals surface area contributed by atoms with Gasteiger partial charge in [0.2, 0.25) is 0 Å². The maximum atomic E-state index is 11.1. The third-order valence-corrected chi connectivity index (χ3v) is 0.597. The standard InChI is InChI=1S/C4H4F5.Zr/c5-3(6)1-2-4(7,8)9;/h1-2H2;/q-1;. The van der Waals surface area contributed by atoms with Crippen molar-refractivity contribution in [3.63, 3.8) is 0 Å². The van der Waals surface area contributed by atoms with E-state index in [2.05, 4.69) is 0 Å². The first-order valence-corrected chi connectivity index (χ1v) is 2.15. The fourth-order valence-electron chi connectivity index (χ4n) is 0.236. The Labute approximate surface area is 73.9 Å². The molecule has 6 heteroatoms. The minimum Gasteiger partial charge on any atom is -0.421 e. The van der Waals surface area contributed by atoms with Crippen molar-refractivity contribution in [1.82, 2.24) is 0 Å². The zero-order chi connectivity index (χ0) is 7.49. The van der Waals surface area contributed by atoms with Crippen molar-refractivity contribution in [2.75, 3.05) is 0 Å². The summed E-state index contributed by atoms with van der Waals surface area (Å²) < 4.78 is 55.2. The molecule has 0 spiro atoms. The van der Waals surface area contributed by atoms with Crippen LogP contribution in [0.2, 0.25) is 0 Å². The van der Waals surface area contributed by atoms with Gasteiger partial charge >= 0.3 is 6.18 Å². The zero-order valence-corrected chi connectivity index (χ0v) is 7.26. The molecule has 0 aromatic heterocycles. The van der Waals surface area contributed by atoms with Crippen molar-refractivity contribution < 1.29 is 48.2 Å². The molecule has 0 radical (unpaired) electrons. The van der Waals surface area contributed by atoms with Gasteiger partial charge in [0.05, 0.1) is 0 Å². The van der Waals surface area contributed by atoms with Gasteiger partial charge in [-0.3, -0.25) is 0 Å². The first-order valence-electron chi connectivity index (χ1n) is 2.15. The molecule has 10 heavy (non-hydrogen) atoms. The van der Waals surface area contributed by atoms with Crippen LogP contribution in [0.5, 0.6) is 0 Å². The molecule has 0 atom stereocenters. The van der Waals surface area contributed by atoms with E-state index in [1.165, 1.54) is 0 Å². The van der Waals surface area contributed by atoms with Gasteiger partial charge in [0, 0.05) is 39.0 Å². The molecule has 0 rings (SSSR count). The van der Waals surface area contributed by atoms with Gasteiger partial charge in [-0.1, -0.05) is 0 Å². The molecule has 0 unspecified atom stereocenters. The van der Waals surface area contributed by atoms with E-state index in [1.807, 2.05) is 0 Å². The molecule has 0 aliphatic rings. The van der Waals surface area contributed by atoms with Gasteiger partial charge in [0.15, 0.2) is 0 Å². The number of alkyl halides is 3. The summed E-state index contributed by atoms with van der Waals surface area (Å²) in [6, 6.07) is 0. The predicted molar refractivity (Wildman–Crippen MR) is 20.7 cm³/mol. The molecule has 0 saturated carbocycles. The van der Waals surface area contributed by atoms with Crippen LogP contribution >= 0.6 is 0 Å². The second-order valence-corrected chi connectivity index (χ2v) is 1.45. The zero-order valence-electron chi connectivity index (χ0n) is 4.80. The molecule has 0 aromatic rings. The molecule has 0 heterocycles. The Kier molecular flexibility index (Phi) is 6.86. The van der Waals surface area contributed by atoms with Gasteiger partial charge in [0.1, 0.15) is 0 Å². The second-order valence-electron chi connectivity index (χ2n) is 1.45. The summed E-state index contributed by atoms with van der Waals surface area (Å²) in [5.74, 6) is 0. The Morgan fingerprint density at radius 3 is 1.60 bits per heavy atom. The topological polar surface area (TPSA) is 0 Å². The van der Waals surface area contributed by atoms with Gasteiger partial charge in [-0.05, 0) is 0 Å². The average Bonchev–Trinajstić information content (AvgIpc) is 1.59. The maximum Gasteiger partial charge on any atom is 0.386 e. The van der Waals surface area contributed by atoms with Crippen molar-refractivity contribution >= 4 is 0 Å². The largest absolute Gasteiger partial charge is 0.421 e. The van der Waals surface area contributed by atoms with Gasteiger partial charge in [-0.25, -0.2) is 0 Å². The fourth-order valence-corrected chi connectivity index (χ4v) is 0.236. The average molecular weight is 238 g/mol. The molecule has 0 nitrogen and oxygen atoms in total. The van der Waals surface area contributed by atoms with Gasteiger partial charge < -0.3 is 8.78 Å². The number of hydrogen-bond donors (Lipinski definition) is 0. The fraction of sp³-hybridized carbons (Fsp3) is 0.750. The Hall–Kier alpha value is 0.533. The quantitative estimate of drug-likeness (QED) is 0.512. The summed E-state index contributed by atoms with van der Waals surface area (Å²) in [5, 5.41) is 0. The first kappa shape index (κ1) is 13.1. The van der Waals surface area contributed by atoms with Crippen LogP contribution in [0, 0.1) is 6.43 Å². The van der Waals surface area contributed by atoms with E-state index >= 15 is 0 Å². The Morgan fingerprint density at radius 1 is 1.10 bits per heavy atom. The summed E-state index contributed by atoms with van der Waals surface area (Å²) >= 11 is 0. The summed E-state index contributed by atoms with van der Waals surface area (Å²) in [6.07, 6.45) is -9.25. The maximum absolute atomic E-state index is 11.1. The van der Waals surface area contributed by atoms with Crippen LogP contribution in [0.4, 0.5) is 22.0 Å². The molecule has 0 amide bonds.